The smallest absolute Gasteiger partial charge is 0.0715 e. The number of nitrogens with one attached hydrogen (secondary N) is 1. The van der Waals surface area contributed by atoms with E-state index in [0.29, 0.717) is 18.0 Å². The Morgan fingerprint density at radius 2 is 1.93 bits per heavy atom. The Morgan fingerprint density at radius 1 is 1.33 bits per heavy atom. The first kappa shape index (κ1) is 13.0. The molecule has 2 atom stereocenters. The van der Waals surface area contributed by atoms with Crippen LogP contribution in [0.5, 0.6) is 0 Å². The van der Waals surface area contributed by atoms with Crippen molar-refractivity contribution in [3.05, 3.63) is 0 Å². The van der Waals surface area contributed by atoms with Gasteiger partial charge in [-0.15, -0.1) is 0 Å². The van der Waals surface area contributed by atoms with Gasteiger partial charge in [-0.3, -0.25) is 0 Å². The van der Waals surface area contributed by atoms with Crippen LogP contribution in [0.1, 0.15) is 53.9 Å². The van der Waals surface area contributed by atoms with E-state index in [9.17, 15) is 5.11 Å². The third-order valence-corrected chi connectivity index (χ3v) is 3.21. The van der Waals surface area contributed by atoms with Crippen LogP contribution in [-0.2, 0) is 0 Å². The van der Waals surface area contributed by atoms with E-state index in [4.69, 9.17) is 0 Å². The van der Waals surface area contributed by atoms with E-state index in [1.807, 2.05) is 13.8 Å². The van der Waals surface area contributed by atoms with E-state index in [1.54, 1.807) is 0 Å². The van der Waals surface area contributed by atoms with E-state index < -0.39 is 5.60 Å². The van der Waals surface area contributed by atoms with E-state index in [1.165, 1.54) is 19.3 Å². The Labute approximate surface area is 94.5 Å². The van der Waals surface area contributed by atoms with Crippen molar-refractivity contribution >= 4 is 0 Å². The Hall–Kier alpha value is -0.0800. The molecule has 1 fully saturated rings. The van der Waals surface area contributed by atoms with Gasteiger partial charge in [-0.25, -0.2) is 0 Å². The van der Waals surface area contributed by atoms with Gasteiger partial charge in [-0.1, -0.05) is 20.8 Å². The molecule has 2 nitrogen and oxygen atoms in total. The third-order valence-electron chi connectivity index (χ3n) is 3.21. The summed E-state index contributed by atoms with van der Waals surface area (Å²) in [5.41, 5.74) is -0.139. The molecule has 0 unspecified atom stereocenters. The molecule has 0 bridgehead atoms. The molecule has 1 aliphatic rings. The maximum atomic E-state index is 9.68. The maximum Gasteiger partial charge on any atom is 0.0715 e. The third kappa shape index (κ3) is 4.98. The van der Waals surface area contributed by atoms with Gasteiger partial charge >= 0.3 is 0 Å². The van der Waals surface area contributed by atoms with Crippen molar-refractivity contribution in [1.82, 2.24) is 5.32 Å². The fourth-order valence-corrected chi connectivity index (χ4v) is 2.90. The second-order valence-corrected chi connectivity index (χ2v) is 6.80. The van der Waals surface area contributed by atoms with Crippen LogP contribution >= 0.6 is 0 Å². The molecule has 1 rings (SSSR count). The molecule has 0 saturated heterocycles. The highest BCUT2D eigenvalue weighted by Crippen LogP contribution is 2.38. The standard InChI is InChI=1S/C13H27NO/c1-10-6-11(8-12(2,3)7-10)14-9-13(4,5)15/h10-11,14-15H,6-9H2,1-5H3/t10-,11+/m1/s1. The van der Waals surface area contributed by atoms with Gasteiger partial charge in [0.1, 0.15) is 0 Å². The van der Waals surface area contributed by atoms with E-state index in [0.717, 1.165) is 5.92 Å². The number of aliphatic hydroxyl groups is 1. The average Bonchev–Trinajstić information content (AvgIpc) is 1.95. The van der Waals surface area contributed by atoms with Crippen LogP contribution in [0.2, 0.25) is 0 Å². The van der Waals surface area contributed by atoms with Gasteiger partial charge in [-0.2, -0.15) is 0 Å². The summed E-state index contributed by atoms with van der Waals surface area (Å²) in [6, 6.07) is 0.579. The van der Waals surface area contributed by atoms with Gasteiger partial charge in [-0.05, 0) is 44.4 Å². The van der Waals surface area contributed by atoms with Crippen molar-refractivity contribution in [3.8, 4) is 0 Å². The minimum atomic E-state index is -0.592. The molecule has 0 heterocycles. The highest BCUT2D eigenvalue weighted by atomic mass is 16.3. The van der Waals surface area contributed by atoms with Gasteiger partial charge in [0.25, 0.3) is 0 Å². The molecule has 0 aromatic carbocycles. The Morgan fingerprint density at radius 3 is 2.40 bits per heavy atom. The highest BCUT2D eigenvalue weighted by Gasteiger charge is 2.32. The molecular weight excluding hydrogens is 186 g/mol. The summed E-state index contributed by atoms with van der Waals surface area (Å²) in [6.45, 7) is 11.4. The van der Waals surface area contributed by atoms with Gasteiger partial charge < -0.3 is 10.4 Å². The molecular formula is C13H27NO. The zero-order chi connectivity index (χ0) is 11.7. The molecule has 0 aliphatic heterocycles. The van der Waals surface area contributed by atoms with Crippen LogP contribution in [0.4, 0.5) is 0 Å². The fourth-order valence-electron chi connectivity index (χ4n) is 2.90. The lowest BCUT2D eigenvalue weighted by molar-refractivity contribution is 0.0654. The normalized spacial score (nSPS) is 31.6. The predicted molar refractivity (Wildman–Crippen MR) is 64.9 cm³/mol. The van der Waals surface area contributed by atoms with Crippen LogP contribution in [0, 0.1) is 11.3 Å². The molecule has 15 heavy (non-hydrogen) atoms. The SMILES string of the molecule is C[C@@H]1C[C@H](NCC(C)(C)O)CC(C)(C)C1. The molecule has 0 aromatic heterocycles. The quantitative estimate of drug-likeness (QED) is 0.755. The summed E-state index contributed by atoms with van der Waals surface area (Å²) in [6.07, 6.45) is 3.81. The molecule has 2 N–H and O–H groups in total. The summed E-state index contributed by atoms with van der Waals surface area (Å²) in [5, 5.41) is 13.2. The topological polar surface area (TPSA) is 32.3 Å². The van der Waals surface area contributed by atoms with Crippen molar-refractivity contribution in [2.24, 2.45) is 11.3 Å². The number of rotatable bonds is 3. The summed E-state index contributed by atoms with van der Waals surface area (Å²) >= 11 is 0. The van der Waals surface area contributed by atoms with E-state index >= 15 is 0 Å². The van der Waals surface area contributed by atoms with Crippen molar-refractivity contribution in [3.63, 3.8) is 0 Å². The second kappa shape index (κ2) is 4.42. The largest absolute Gasteiger partial charge is 0.389 e. The van der Waals surface area contributed by atoms with Gasteiger partial charge in [0, 0.05) is 12.6 Å². The molecule has 0 radical (unpaired) electrons. The van der Waals surface area contributed by atoms with Crippen molar-refractivity contribution in [1.29, 1.82) is 0 Å². The Kier molecular flexibility index (Phi) is 3.83. The Balaban J connectivity index is 2.42. The van der Waals surface area contributed by atoms with Crippen LogP contribution in [0.15, 0.2) is 0 Å². The van der Waals surface area contributed by atoms with Crippen LogP contribution in [0.25, 0.3) is 0 Å². The molecule has 0 amide bonds. The average molecular weight is 213 g/mol. The first-order chi connectivity index (χ1) is 6.68. The molecule has 1 saturated carbocycles. The number of hydrogen-bond donors (Lipinski definition) is 2. The minimum Gasteiger partial charge on any atom is -0.389 e. The minimum absolute atomic E-state index is 0.453. The van der Waals surface area contributed by atoms with Crippen molar-refractivity contribution in [2.45, 2.75) is 65.5 Å². The molecule has 90 valence electrons. The zero-order valence-corrected chi connectivity index (χ0v) is 10.9. The van der Waals surface area contributed by atoms with Gasteiger partial charge in [0.2, 0.25) is 0 Å². The lowest BCUT2D eigenvalue weighted by Gasteiger charge is -2.40. The van der Waals surface area contributed by atoms with Crippen LogP contribution < -0.4 is 5.32 Å². The Bertz CT molecular complexity index is 205. The molecule has 0 aromatic rings. The molecule has 2 heteroatoms. The lowest BCUT2D eigenvalue weighted by Crippen LogP contribution is -2.45. The molecule has 0 spiro atoms. The maximum absolute atomic E-state index is 9.68. The van der Waals surface area contributed by atoms with Gasteiger partial charge in [0.05, 0.1) is 5.60 Å². The monoisotopic (exact) mass is 213 g/mol. The van der Waals surface area contributed by atoms with Crippen LogP contribution in [0.3, 0.4) is 0 Å². The fraction of sp³-hybridized carbons (Fsp3) is 1.00. The second-order valence-electron chi connectivity index (χ2n) is 6.80. The number of hydrogen-bond acceptors (Lipinski definition) is 2. The summed E-state index contributed by atoms with van der Waals surface area (Å²) in [5.74, 6) is 0.799. The summed E-state index contributed by atoms with van der Waals surface area (Å²) in [7, 11) is 0. The van der Waals surface area contributed by atoms with Crippen molar-refractivity contribution in [2.75, 3.05) is 6.54 Å². The van der Waals surface area contributed by atoms with Crippen molar-refractivity contribution < 1.29 is 5.11 Å². The summed E-state index contributed by atoms with van der Waals surface area (Å²) < 4.78 is 0. The summed E-state index contributed by atoms with van der Waals surface area (Å²) in [4.78, 5) is 0. The van der Waals surface area contributed by atoms with E-state index in [2.05, 4.69) is 26.1 Å². The molecule has 1 aliphatic carbocycles. The zero-order valence-electron chi connectivity index (χ0n) is 10.9. The predicted octanol–water partition coefficient (Wildman–Crippen LogP) is 2.56. The first-order valence-electron chi connectivity index (χ1n) is 6.14. The van der Waals surface area contributed by atoms with E-state index in [-0.39, 0.29) is 0 Å². The highest BCUT2D eigenvalue weighted by molar-refractivity contribution is 4.87. The van der Waals surface area contributed by atoms with Gasteiger partial charge in [0.15, 0.2) is 0 Å². The van der Waals surface area contributed by atoms with Crippen LogP contribution in [-0.4, -0.2) is 23.3 Å². The first-order valence-corrected chi connectivity index (χ1v) is 6.14. The lowest BCUT2D eigenvalue weighted by atomic mass is 9.70.